The van der Waals surface area contributed by atoms with E-state index in [1.807, 2.05) is 13.8 Å². The van der Waals surface area contributed by atoms with Gasteiger partial charge in [0.1, 0.15) is 0 Å². The molecule has 0 heterocycles. The van der Waals surface area contributed by atoms with Crippen molar-refractivity contribution in [2.45, 2.75) is 27.3 Å². The Morgan fingerprint density at radius 3 is 2.27 bits per heavy atom. The van der Waals surface area contributed by atoms with Crippen molar-refractivity contribution in [2.24, 2.45) is 5.73 Å². The molecule has 0 radical (unpaired) electrons. The van der Waals surface area contributed by atoms with Gasteiger partial charge < -0.3 is 20.5 Å². The minimum Gasteiger partial charge on any atom is -0.493 e. The number of methoxy groups -OCH3 is 1. The Morgan fingerprint density at radius 2 is 1.69 bits per heavy atom. The van der Waals surface area contributed by atoms with Gasteiger partial charge in [0.05, 0.1) is 7.11 Å². The van der Waals surface area contributed by atoms with E-state index in [1.54, 1.807) is 18.2 Å². The molecule has 2 amide bonds. The molecule has 0 aliphatic rings. The Morgan fingerprint density at radius 1 is 1.04 bits per heavy atom. The number of rotatable bonds is 7. The van der Waals surface area contributed by atoms with Crippen molar-refractivity contribution in [2.75, 3.05) is 13.7 Å². The van der Waals surface area contributed by atoms with Crippen LogP contribution in [0, 0.1) is 20.8 Å². The van der Waals surface area contributed by atoms with Crippen LogP contribution in [0.15, 0.2) is 30.3 Å². The van der Waals surface area contributed by atoms with E-state index in [0.29, 0.717) is 23.6 Å². The lowest BCUT2D eigenvalue weighted by Crippen LogP contribution is -2.24. The Balaban J connectivity index is 2.11. The number of benzene rings is 2. The molecule has 0 saturated carbocycles. The zero-order valence-corrected chi connectivity index (χ0v) is 15.5. The Labute approximate surface area is 153 Å². The highest BCUT2D eigenvalue weighted by Crippen LogP contribution is 2.28. The highest BCUT2D eigenvalue weighted by molar-refractivity contribution is 5.94. The van der Waals surface area contributed by atoms with E-state index in [4.69, 9.17) is 15.2 Å². The number of ether oxygens (including phenoxy) is 2. The zero-order chi connectivity index (χ0) is 19.3. The van der Waals surface area contributed by atoms with Gasteiger partial charge in [0.15, 0.2) is 18.1 Å². The van der Waals surface area contributed by atoms with Gasteiger partial charge in [-0.1, -0.05) is 17.7 Å². The average Bonchev–Trinajstić information content (AvgIpc) is 2.58. The van der Waals surface area contributed by atoms with Crippen LogP contribution in [0.4, 0.5) is 0 Å². The van der Waals surface area contributed by atoms with Crippen LogP contribution in [-0.4, -0.2) is 25.5 Å². The van der Waals surface area contributed by atoms with Crippen LogP contribution in [0.1, 0.15) is 32.6 Å². The van der Waals surface area contributed by atoms with Crippen LogP contribution in [0.3, 0.4) is 0 Å². The smallest absolute Gasteiger partial charge is 0.255 e. The van der Waals surface area contributed by atoms with Gasteiger partial charge in [0.25, 0.3) is 11.8 Å². The first kappa shape index (κ1) is 19.3. The van der Waals surface area contributed by atoms with Crippen LogP contribution in [0.5, 0.6) is 11.5 Å². The number of amides is 2. The summed E-state index contributed by atoms with van der Waals surface area (Å²) in [6, 6.07) is 8.97. The maximum absolute atomic E-state index is 12.5. The van der Waals surface area contributed by atoms with Crippen molar-refractivity contribution >= 4 is 11.8 Å². The van der Waals surface area contributed by atoms with Crippen LogP contribution in [-0.2, 0) is 11.3 Å². The average molecular weight is 356 g/mol. The number of nitrogens with one attached hydrogen (secondary N) is 1. The van der Waals surface area contributed by atoms with E-state index >= 15 is 0 Å². The number of nitrogens with two attached hydrogens (primary N) is 1. The Bertz CT molecular complexity index is 808. The minimum absolute atomic E-state index is 0.218. The van der Waals surface area contributed by atoms with Gasteiger partial charge in [-0.25, -0.2) is 0 Å². The molecule has 2 rings (SSSR count). The molecule has 0 aliphatic carbocycles. The lowest BCUT2D eigenvalue weighted by molar-refractivity contribution is -0.119. The van der Waals surface area contributed by atoms with E-state index in [0.717, 1.165) is 16.7 Å². The van der Waals surface area contributed by atoms with E-state index in [2.05, 4.69) is 24.4 Å². The van der Waals surface area contributed by atoms with Crippen molar-refractivity contribution in [1.29, 1.82) is 0 Å². The second-order valence-electron chi connectivity index (χ2n) is 6.18. The van der Waals surface area contributed by atoms with Crippen molar-refractivity contribution < 1.29 is 19.1 Å². The molecule has 3 N–H and O–H groups in total. The molecule has 0 aromatic heterocycles. The largest absolute Gasteiger partial charge is 0.493 e. The monoisotopic (exact) mass is 356 g/mol. The third-order valence-electron chi connectivity index (χ3n) is 4.06. The van der Waals surface area contributed by atoms with Gasteiger partial charge in [-0.2, -0.15) is 0 Å². The lowest BCUT2D eigenvalue weighted by atomic mass is 10.00. The third kappa shape index (κ3) is 4.75. The second-order valence-corrected chi connectivity index (χ2v) is 6.18. The second kappa shape index (κ2) is 8.38. The zero-order valence-electron chi connectivity index (χ0n) is 15.5. The molecule has 0 fully saturated rings. The highest BCUT2D eigenvalue weighted by atomic mass is 16.5. The van der Waals surface area contributed by atoms with Crippen LogP contribution < -0.4 is 20.5 Å². The summed E-state index contributed by atoms with van der Waals surface area (Å²) in [7, 11) is 1.47. The molecule has 2 aromatic carbocycles. The van der Waals surface area contributed by atoms with E-state index in [-0.39, 0.29) is 12.5 Å². The summed E-state index contributed by atoms with van der Waals surface area (Å²) in [5.74, 6) is -0.0866. The molecule has 0 atom stereocenters. The molecular weight excluding hydrogens is 332 g/mol. The fourth-order valence-corrected chi connectivity index (χ4v) is 2.84. The lowest BCUT2D eigenvalue weighted by Gasteiger charge is -2.14. The summed E-state index contributed by atoms with van der Waals surface area (Å²) in [5, 5.41) is 2.93. The van der Waals surface area contributed by atoms with Crippen LogP contribution >= 0.6 is 0 Å². The summed E-state index contributed by atoms with van der Waals surface area (Å²) >= 11 is 0. The number of hydrogen-bond donors (Lipinski definition) is 2. The number of primary amides is 1. The molecule has 26 heavy (non-hydrogen) atoms. The number of aryl methyl sites for hydroxylation is 3. The molecule has 138 valence electrons. The van der Waals surface area contributed by atoms with E-state index in [9.17, 15) is 9.59 Å². The molecular formula is C20H24N2O4. The molecule has 0 spiro atoms. The molecule has 6 heteroatoms. The standard InChI is InChI=1S/C20H24N2O4/c1-12-7-13(2)16(14(3)8-12)10-22-20(24)15-5-6-17(18(9-15)25-4)26-11-19(21)23/h5-9H,10-11H2,1-4H3,(H2,21,23)(H,22,24). The van der Waals surface area contributed by atoms with Gasteiger partial charge in [-0.3, -0.25) is 9.59 Å². The van der Waals surface area contributed by atoms with Gasteiger partial charge in [0, 0.05) is 12.1 Å². The SMILES string of the molecule is COc1cc(C(=O)NCc2c(C)cc(C)cc2C)ccc1OCC(N)=O. The predicted octanol–water partition coefficient (Wildman–Crippen LogP) is 2.41. The first-order valence-electron chi connectivity index (χ1n) is 8.26. The summed E-state index contributed by atoms with van der Waals surface area (Å²) in [6.45, 7) is 6.31. The van der Waals surface area contributed by atoms with Gasteiger partial charge in [0.2, 0.25) is 0 Å². The molecule has 0 aliphatic heterocycles. The fraction of sp³-hybridized carbons (Fsp3) is 0.300. The third-order valence-corrected chi connectivity index (χ3v) is 4.06. The topological polar surface area (TPSA) is 90.7 Å². The predicted molar refractivity (Wildman–Crippen MR) is 99.5 cm³/mol. The number of carbonyl (C=O) groups excluding carboxylic acids is 2. The maximum atomic E-state index is 12.5. The maximum Gasteiger partial charge on any atom is 0.255 e. The van der Waals surface area contributed by atoms with Gasteiger partial charge >= 0.3 is 0 Å². The van der Waals surface area contributed by atoms with Crippen molar-refractivity contribution in [3.63, 3.8) is 0 Å². The molecule has 6 nitrogen and oxygen atoms in total. The number of hydrogen-bond acceptors (Lipinski definition) is 4. The van der Waals surface area contributed by atoms with Crippen molar-refractivity contribution in [1.82, 2.24) is 5.32 Å². The highest BCUT2D eigenvalue weighted by Gasteiger charge is 2.13. The normalized spacial score (nSPS) is 10.3. The molecule has 0 saturated heterocycles. The summed E-state index contributed by atoms with van der Waals surface area (Å²) in [4.78, 5) is 23.3. The van der Waals surface area contributed by atoms with Crippen molar-refractivity contribution in [3.05, 3.63) is 58.1 Å². The molecule has 0 bridgehead atoms. The fourth-order valence-electron chi connectivity index (χ4n) is 2.84. The van der Waals surface area contributed by atoms with Gasteiger partial charge in [-0.15, -0.1) is 0 Å². The summed E-state index contributed by atoms with van der Waals surface area (Å²) in [5.41, 5.74) is 10.1. The van der Waals surface area contributed by atoms with E-state index in [1.165, 1.54) is 12.7 Å². The summed E-state index contributed by atoms with van der Waals surface area (Å²) in [6.07, 6.45) is 0. The van der Waals surface area contributed by atoms with Crippen LogP contribution in [0.2, 0.25) is 0 Å². The molecule has 2 aromatic rings. The number of carbonyl (C=O) groups is 2. The first-order chi connectivity index (χ1) is 12.3. The minimum atomic E-state index is -0.585. The Kier molecular flexibility index (Phi) is 6.22. The van der Waals surface area contributed by atoms with Gasteiger partial charge in [-0.05, 0) is 55.7 Å². The van der Waals surface area contributed by atoms with Crippen molar-refractivity contribution in [3.8, 4) is 11.5 Å². The van der Waals surface area contributed by atoms with E-state index < -0.39 is 5.91 Å². The van der Waals surface area contributed by atoms with Crippen LogP contribution in [0.25, 0.3) is 0 Å². The first-order valence-corrected chi connectivity index (χ1v) is 8.26. The quantitative estimate of drug-likeness (QED) is 0.797. The molecule has 0 unspecified atom stereocenters. The Hall–Kier alpha value is -3.02. The summed E-state index contributed by atoms with van der Waals surface area (Å²) < 4.78 is 10.5.